The van der Waals surface area contributed by atoms with E-state index < -0.39 is 0 Å². The molecule has 0 amide bonds. The van der Waals surface area contributed by atoms with E-state index in [1.54, 1.807) is 12.3 Å². The predicted molar refractivity (Wildman–Crippen MR) is 46.6 cm³/mol. The van der Waals surface area contributed by atoms with Gasteiger partial charge in [0, 0.05) is 17.6 Å². The Morgan fingerprint density at radius 3 is 3.00 bits per heavy atom. The van der Waals surface area contributed by atoms with Crippen molar-refractivity contribution in [3.8, 4) is 5.75 Å². The summed E-state index contributed by atoms with van der Waals surface area (Å²) in [5, 5.41) is 1.08. The maximum atomic E-state index is 5.01. The van der Waals surface area contributed by atoms with Crippen molar-refractivity contribution < 1.29 is 4.84 Å². The minimum atomic E-state index is 0.626. The van der Waals surface area contributed by atoms with Crippen molar-refractivity contribution in [3.63, 3.8) is 0 Å². The first-order valence-electron chi connectivity index (χ1n) is 3.62. The van der Waals surface area contributed by atoms with Gasteiger partial charge in [-0.3, -0.25) is 4.98 Å². The van der Waals surface area contributed by atoms with Crippen LogP contribution >= 0.6 is 0 Å². The van der Waals surface area contributed by atoms with Gasteiger partial charge < -0.3 is 4.84 Å². The molecule has 3 nitrogen and oxygen atoms in total. The SMILES string of the molecule is NOc1ccc2cccnc2c1. The molecule has 0 saturated heterocycles. The fraction of sp³-hybridized carbons (Fsp3) is 0. The third-order valence-corrected chi connectivity index (χ3v) is 1.71. The van der Waals surface area contributed by atoms with Crippen molar-refractivity contribution in [1.82, 2.24) is 4.98 Å². The molecule has 1 aromatic heterocycles. The molecule has 0 saturated carbocycles. The second kappa shape index (κ2) is 2.79. The van der Waals surface area contributed by atoms with Gasteiger partial charge in [-0.05, 0) is 18.2 Å². The van der Waals surface area contributed by atoms with Gasteiger partial charge in [-0.2, -0.15) is 5.90 Å². The average molecular weight is 160 g/mol. The van der Waals surface area contributed by atoms with Crippen LogP contribution in [0.5, 0.6) is 5.75 Å². The highest BCUT2D eigenvalue weighted by Gasteiger charge is 1.95. The lowest BCUT2D eigenvalue weighted by atomic mass is 10.2. The van der Waals surface area contributed by atoms with Crippen molar-refractivity contribution in [3.05, 3.63) is 36.5 Å². The topological polar surface area (TPSA) is 48.1 Å². The van der Waals surface area contributed by atoms with E-state index in [0.717, 1.165) is 10.9 Å². The van der Waals surface area contributed by atoms with Crippen LogP contribution in [0.1, 0.15) is 0 Å². The van der Waals surface area contributed by atoms with Crippen molar-refractivity contribution in [2.24, 2.45) is 5.90 Å². The molecular weight excluding hydrogens is 152 g/mol. The number of rotatable bonds is 1. The van der Waals surface area contributed by atoms with Crippen molar-refractivity contribution in [2.45, 2.75) is 0 Å². The Bertz CT molecular complexity index is 400. The third kappa shape index (κ3) is 1.10. The van der Waals surface area contributed by atoms with Crippen LogP contribution in [0.3, 0.4) is 0 Å². The monoisotopic (exact) mass is 160 g/mol. The van der Waals surface area contributed by atoms with Gasteiger partial charge in [0.2, 0.25) is 0 Å². The molecule has 1 aromatic carbocycles. The quantitative estimate of drug-likeness (QED) is 0.643. The average Bonchev–Trinajstić information content (AvgIpc) is 2.17. The first-order valence-corrected chi connectivity index (χ1v) is 3.62. The summed E-state index contributed by atoms with van der Waals surface area (Å²) in [5.74, 6) is 5.64. The molecule has 1 heterocycles. The maximum Gasteiger partial charge on any atom is 0.149 e. The largest absolute Gasteiger partial charge is 0.411 e. The number of hydrogen-bond donors (Lipinski definition) is 1. The summed E-state index contributed by atoms with van der Waals surface area (Å²) in [6.07, 6.45) is 1.74. The minimum Gasteiger partial charge on any atom is -0.411 e. The van der Waals surface area contributed by atoms with Crippen LogP contribution in [0.15, 0.2) is 36.5 Å². The first-order chi connectivity index (χ1) is 5.90. The summed E-state index contributed by atoms with van der Waals surface area (Å²) in [5.41, 5.74) is 0.889. The molecule has 0 radical (unpaired) electrons. The molecule has 2 aromatic rings. The fourth-order valence-corrected chi connectivity index (χ4v) is 1.12. The van der Waals surface area contributed by atoms with Crippen LogP contribution in [0.4, 0.5) is 0 Å². The number of nitrogens with zero attached hydrogens (tertiary/aromatic N) is 1. The molecule has 0 bridgehead atoms. The molecule has 0 unspecified atom stereocenters. The zero-order valence-electron chi connectivity index (χ0n) is 6.40. The van der Waals surface area contributed by atoms with Crippen LogP contribution in [0.25, 0.3) is 10.9 Å². The molecule has 0 aliphatic carbocycles. The Morgan fingerprint density at radius 1 is 1.25 bits per heavy atom. The summed E-state index contributed by atoms with van der Waals surface area (Å²) in [6.45, 7) is 0. The number of aromatic nitrogens is 1. The smallest absolute Gasteiger partial charge is 0.149 e. The lowest BCUT2D eigenvalue weighted by Crippen LogP contribution is -2.01. The van der Waals surface area contributed by atoms with E-state index in [2.05, 4.69) is 9.82 Å². The number of nitrogens with two attached hydrogens (primary N) is 1. The Labute approximate surface area is 69.7 Å². The summed E-state index contributed by atoms with van der Waals surface area (Å²) in [6, 6.07) is 9.41. The van der Waals surface area contributed by atoms with E-state index in [1.807, 2.05) is 24.3 Å². The van der Waals surface area contributed by atoms with Gasteiger partial charge in [0.25, 0.3) is 0 Å². The number of benzene rings is 1. The van der Waals surface area contributed by atoms with Gasteiger partial charge in [0.15, 0.2) is 0 Å². The second-order valence-corrected chi connectivity index (χ2v) is 2.48. The van der Waals surface area contributed by atoms with E-state index in [1.165, 1.54) is 0 Å². The zero-order chi connectivity index (χ0) is 8.39. The molecule has 0 spiro atoms. The van der Waals surface area contributed by atoms with Gasteiger partial charge >= 0.3 is 0 Å². The molecule has 60 valence electrons. The van der Waals surface area contributed by atoms with E-state index >= 15 is 0 Å². The number of pyridine rings is 1. The zero-order valence-corrected chi connectivity index (χ0v) is 6.40. The van der Waals surface area contributed by atoms with E-state index in [9.17, 15) is 0 Å². The van der Waals surface area contributed by atoms with Gasteiger partial charge in [-0.15, -0.1) is 0 Å². The summed E-state index contributed by atoms with van der Waals surface area (Å²) in [4.78, 5) is 8.74. The Hall–Kier alpha value is -1.61. The highest BCUT2D eigenvalue weighted by atomic mass is 16.6. The first kappa shape index (κ1) is 7.06. The molecule has 2 rings (SSSR count). The lowest BCUT2D eigenvalue weighted by molar-refractivity contribution is 0.335. The summed E-state index contributed by atoms with van der Waals surface area (Å²) >= 11 is 0. The van der Waals surface area contributed by atoms with Crippen LogP contribution < -0.4 is 10.7 Å². The van der Waals surface area contributed by atoms with Crippen LogP contribution in [-0.4, -0.2) is 4.98 Å². The Kier molecular flexibility index (Phi) is 1.64. The normalized spacial score (nSPS) is 10.1. The Balaban J connectivity index is 2.67. The van der Waals surface area contributed by atoms with Gasteiger partial charge in [0.1, 0.15) is 5.75 Å². The van der Waals surface area contributed by atoms with Crippen molar-refractivity contribution in [2.75, 3.05) is 0 Å². The molecule has 0 atom stereocenters. The maximum absolute atomic E-state index is 5.01. The summed E-state index contributed by atoms with van der Waals surface area (Å²) < 4.78 is 0. The van der Waals surface area contributed by atoms with Crippen LogP contribution in [-0.2, 0) is 0 Å². The number of fused-ring (bicyclic) bond motifs is 1. The van der Waals surface area contributed by atoms with E-state index in [-0.39, 0.29) is 0 Å². The fourth-order valence-electron chi connectivity index (χ4n) is 1.12. The number of hydrogen-bond acceptors (Lipinski definition) is 3. The third-order valence-electron chi connectivity index (χ3n) is 1.71. The highest BCUT2D eigenvalue weighted by molar-refractivity contribution is 5.79. The molecule has 3 heteroatoms. The minimum absolute atomic E-state index is 0.626. The van der Waals surface area contributed by atoms with Crippen LogP contribution in [0.2, 0.25) is 0 Å². The van der Waals surface area contributed by atoms with Crippen molar-refractivity contribution in [1.29, 1.82) is 0 Å². The summed E-state index contributed by atoms with van der Waals surface area (Å²) in [7, 11) is 0. The second-order valence-electron chi connectivity index (χ2n) is 2.48. The Morgan fingerprint density at radius 2 is 2.17 bits per heavy atom. The molecular formula is C9H8N2O. The van der Waals surface area contributed by atoms with E-state index in [4.69, 9.17) is 5.90 Å². The predicted octanol–water partition coefficient (Wildman–Crippen LogP) is 1.49. The molecule has 12 heavy (non-hydrogen) atoms. The van der Waals surface area contributed by atoms with E-state index in [0.29, 0.717) is 5.75 Å². The van der Waals surface area contributed by atoms with Crippen molar-refractivity contribution >= 4 is 10.9 Å². The van der Waals surface area contributed by atoms with Gasteiger partial charge in [-0.1, -0.05) is 6.07 Å². The van der Waals surface area contributed by atoms with Gasteiger partial charge in [-0.25, -0.2) is 0 Å². The van der Waals surface area contributed by atoms with Crippen LogP contribution in [0, 0.1) is 0 Å². The lowest BCUT2D eigenvalue weighted by Gasteiger charge is -1.99. The molecule has 0 aliphatic heterocycles. The van der Waals surface area contributed by atoms with Gasteiger partial charge in [0.05, 0.1) is 5.52 Å². The molecule has 0 fully saturated rings. The highest BCUT2D eigenvalue weighted by Crippen LogP contribution is 2.17. The standard InChI is InChI=1S/C9H8N2O/c10-12-8-4-3-7-2-1-5-11-9(7)6-8/h1-6H,10H2. The molecule has 2 N–H and O–H groups in total. The molecule has 0 aliphatic rings.